The van der Waals surface area contributed by atoms with Crippen molar-refractivity contribution in [2.45, 2.75) is 38.9 Å². The molecule has 0 bridgehead atoms. The smallest absolute Gasteiger partial charge is 0.422 e. The van der Waals surface area contributed by atoms with Crippen molar-refractivity contribution >= 4 is 6.03 Å². The molecule has 2 amide bonds. The number of amides is 2. The molecule has 0 radical (unpaired) electrons. The minimum absolute atomic E-state index is 0.0351. The number of nitrogens with one attached hydrogen (secondary N) is 2. The summed E-state index contributed by atoms with van der Waals surface area (Å²) < 4.78 is 41.6. The third-order valence-electron chi connectivity index (χ3n) is 4.29. The van der Waals surface area contributed by atoms with Gasteiger partial charge in [-0.3, -0.25) is 0 Å². The van der Waals surface area contributed by atoms with Crippen molar-refractivity contribution in [2.75, 3.05) is 32.8 Å². The number of carbonyl (C=O) groups is 1. The van der Waals surface area contributed by atoms with Crippen molar-refractivity contribution in [2.24, 2.45) is 5.92 Å². The van der Waals surface area contributed by atoms with Gasteiger partial charge >= 0.3 is 12.2 Å². The van der Waals surface area contributed by atoms with E-state index in [9.17, 15) is 18.0 Å². The van der Waals surface area contributed by atoms with Crippen molar-refractivity contribution in [3.05, 3.63) is 23.9 Å². The number of ether oxygens (including phenoxy) is 1. The monoisotopic (exact) mass is 388 g/mol. The van der Waals surface area contributed by atoms with Crippen LogP contribution >= 0.6 is 0 Å². The van der Waals surface area contributed by atoms with E-state index in [-0.39, 0.29) is 18.5 Å². The van der Waals surface area contributed by atoms with Crippen LogP contribution in [0.3, 0.4) is 0 Å². The lowest BCUT2D eigenvalue weighted by molar-refractivity contribution is -0.154. The number of hydrogen-bond acceptors (Lipinski definition) is 4. The van der Waals surface area contributed by atoms with E-state index in [0.29, 0.717) is 18.0 Å². The van der Waals surface area contributed by atoms with Crippen LogP contribution in [0.2, 0.25) is 0 Å². The molecule has 6 nitrogen and oxygen atoms in total. The zero-order chi connectivity index (χ0) is 19.7. The molecule has 0 saturated carbocycles. The molecule has 9 heteroatoms. The first-order valence-electron chi connectivity index (χ1n) is 9.21. The van der Waals surface area contributed by atoms with Gasteiger partial charge in [-0.25, -0.2) is 9.78 Å². The topological polar surface area (TPSA) is 66.5 Å². The summed E-state index contributed by atoms with van der Waals surface area (Å²) >= 11 is 0. The van der Waals surface area contributed by atoms with Crippen LogP contribution in [0.5, 0.6) is 5.88 Å². The Morgan fingerprint density at radius 3 is 2.74 bits per heavy atom. The average Bonchev–Trinajstić information content (AvgIpc) is 2.64. The standard InChI is InChI=1S/C18H27F3N4O2/c1-14(12-25-8-3-2-4-9-25)10-23-17(26)24-11-15-6-5-7-22-16(15)27-13-18(19,20)21/h5-7,14H,2-4,8-13H2,1H3,(H2,23,24,26). The fourth-order valence-electron chi connectivity index (χ4n) is 2.99. The summed E-state index contributed by atoms with van der Waals surface area (Å²) in [5, 5.41) is 5.43. The lowest BCUT2D eigenvalue weighted by Crippen LogP contribution is -2.41. The summed E-state index contributed by atoms with van der Waals surface area (Å²) in [6.45, 7) is 4.39. The summed E-state index contributed by atoms with van der Waals surface area (Å²) in [6.07, 6.45) is 0.644. The Labute approximate surface area is 157 Å². The number of likely N-dealkylation sites (tertiary alicyclic amines) is 1. The van der Waals surface area contributed by atoms with Crippen molar-refractivity contribution in [1.29, 1.82) is 0 Å². The summed E-state index contributed by atoms with van der Waals surface area (Å²) in [6, 6.07) is 2.78. The van der Waals surface area contributed by atoms with Crippen LogP contribution < -0.4 is 15.4 Å². The van der Waals surface area contributed by atoms with Gasteiger partial charge in [-0.15, -0.1) is 0 Å². The fraction of sp³-hybridized carbons (Fsp3) is 0.667. The second-order valence-corrected chi connectivity index (χ2v) is 6.90. The van der Waals surface area contributed by atoms with E-state index in [1.54, 1.807) is 12.1 Å². The molecule has 1 fully saturated rings. The van der Waals surface area contributed by atoms with E-state index in [4.69, 9.17) is 4.74 Å². The summed E-state index contributed by atoms with van der Waals surface area (Å²) in [4.78, 5) is 18.2. The number of hydrogen-bond donors (Lipinski definition) is 2. The Bertz CT molecular complexity index is 592. The van der Waals surface area contributed by atoms with Crippen molar-refractivity contribution < 1.29 is 22.7 Å². The van der Waals surface area contributed by atoms with E-state index >= 15 is 0 Å². The molecule has 1 unspecified atom stereocenters. The van der Waals surface area contributed by atoms with E-state index in [0.717, 1.165) is 19.6 Å². The lowest BCUT2D eigenvalue weighted by atomic mass is 10.1. The number of nitrogens with zero attached hydrogens (tertiary/aromatic N) is 2. The Morgan fingerprint density at radius 1 is 1.30 bits per heavy atom. The summed E-state index contributed by atoms with van der Waals surface area (Å²) in [5.41, 5.74) is 0.387. The highest BCUT2D eigenvalue weighted by Crippen LogP contribution is 2.19. The normalized spacial score (nSPS) is 16.6. The molecular weight excluding hydrogens is 361 g/mol. The van der Waals surface area contributed by atoms with Gasteiger partial charge in [0.2, 0.25) is 5.88 Å². The average molecular weight is 388 g/mol. The number of rotatable bonds is 8. The first kappa shape index (κ1) is 21.3. The molecular formula is C18H27F3N4O2. The van der Waals surface area contributed by atoms with Crippen LogP contribution in [-0.2, 0) is 6.54 Å². The highest BCUT2D eigenvalue weighted by Gasteiger charge is 2.29. The van der Waals surface area contributed by atoms with Crippen LogP contribution in [0.25, 0.3) is 0 Å². The maximum absolute atomic E-state index is 12.3. The van der Waals surface area contributed by atoms with E-state index in [2.05, 4.69) is 27.4 Å². The van der Waals surface area contributed by atoms with Crippen molar-refractivity contribution in [3.8, 4) is 5.88 Å². The van der Waals surface area contributed by atoms with Crippen LogP contribution in [0.15, 0.2) is 18.3 Å². The number of alkyl halides is 3. The van der Waals surface area contributed by atoms with Crippen molar-refractivity contribution in [1.82, 2.24) is 20.5 Å². The highest BCUT2D eigenvalue weighted by atomic mass is 19.4. The predicted molar refractivity (Wildman–Crippen MR) is 95.5 cm³/mol. The number of aromatic nitrogens is 1. The van der Waals surface area contributed by atoms with Gasteiger partial charge in [0.1, 0.15) is 0 Å². The second kappa shape index (κ2) is 10.3. The molecule has 152 valence electrons. The van der Waals surface area contributed by atoms with Gasteiger partial charge in [0, 0.05) is 31.4 Å². The van der Waals surface area contributed by atoms with Gasteiger partial charge in [-0.2, -0.15) is 13.2 Å². The molecule has 1 aromatic heterocycles. The van der Waals surface area contributed by atoms with Crippen LogP contribution in [0.4, 0.5) is 18.0 Å². The molecule has 0 spiro atoms. The Balaban J connectivity index is 1.72. The van der Waals surface area contributed by atoms with Crippen LogP contribution in [-0.4, -0.2) is 54.9 Å². The van der Waals surface area contributed by atoms with Gasteiger partial charge in [0.25, 0.3) is 0 Å². The quantitative estimate of drug-likeness (QED) is 0.719. The van der Waals surface area contributed by atoms with Gasteiger partial charge in [-0.1, -0.05) is 19.4 Å². The van der Waals surface area contributed by atoms with E-state index in [1.807, 2.05) is 0 Å². The van der Waals surface area contributed by atoms with E-state index in [1.165, 1.54) is 25.5 Å². The fourth-order valence-corrected chi connectivity index (χ4v) is 2.99. The first-order chi connectivity index (χ1) is 12.8. The molecule has 27 heavy (non-hydrogen) atoms. The molecule has 0 aromatic carbocycles. The third kappa shape index (κ3) is 8.47. The molecule has 1 atom stereocenters. The lowest BCUT2D eigenvalue weighted by Gasteiger charge is -2.29. The van der Waals surface area contributed by atoms with Gasteiger partial charge in [-0.05, 0) is 37.9 Å². The highest BCUT2D eigenvalue weighted by molar-refractivity contribution is 5.73. The number of pyridine rings is 1. The van der Waals surface area contributed by atoms with Gasteiger partial charge < -0.3 is 20.3 Å². The Kier molecular flexibility index (Phi) is 8.15. The minimum Gasteiger partial charge on any atom is -0.468 e. The molecule has 2 rings (SSSR count). The molecule has 1 aliphatic rings. The van der Waals surface area contributed by atoms with Crippen molar-refractivity contribution in [3.63, 3.8) is 0 Å². The number of urea groups is 1. The third-order valence-corrected chi connectivity index (χ3v) is 4.29. The molecule has 0 aliphatic carbocycles. The van der Waals surface area contributed by atoms with Crippen LogP contribution in [0.1, 0.15) is 31.7 Å². The minimum atomic E-state index is -4.44. The maximum Gasteiger partial charge on any atom is 0.422 e. The largest absolute Gasteiger partial charge is 0.468 e. The first-order valence-corrected chi connectivity index (χ1v) is 9.21. The Morgan fingerprint density at radius 2 is 2.04 bits per heavy atom. The molecule has 1 aromatic rings. The molecule has 2 N–H and O–H groups in total. The molecule has 1 aliphatic heterocycles. The Hall–Kier alpha value is -2.03. The summed E-state index contributed by atoms with van der Waals surface area (Å²) in [5.74, 6) is 0.187. The number of carbonyl (C=O) groups excluding carboxylic acids is 1. The SMILES string of the molecule is CC(CNC(=O)NCc1cccnc1OCC(F)(F)F)CN1CCCCC1. The molecule has 2 heterocycles. The predicted octanol–water partition coefficient (Wildman–Crippen LogP) is 2.94. The molecule has 1 saturated heterocycles. The summed E-state index contributed by atoms with van der Waals surface area (Å²) in [7, 11) is 0. The maximum atomic E-state index is 12.3. The second-order valence-electron chi connectivity index (χ2n) is 6.90. The number of piperidine rings is 1. The zero-order valence-electron chi connectivity index (χ0n) is 15.5. The van der Waals surface area contributed by atoms with Crippen LogP contribution in [0, 0.1) is 5.92 Å². The van der Waals surface area contributed by atoms with Gasteiger partial charge in [0.15, 0.2) is 6.61 Å². The van der Waals surface area contributed by atoms with E-state index < -0.39 is 12.8 Å². The van der Waals surface area contributed by atoms with Gasteiger partial charge in [0.05, 0.1) is 0 Å². The zero-order valence-corrected chi connectivity index (χ0v) is 15.5. The number of halogens is 3.